The largest absolute Gasteiger partial charge is 0.326 e. The van der Waals surface area contributed by atoms with Crippen molar-refractivity contribution in [3.63, 3.8) is 0 Å². The summed E-state index contributed by atoms with van der Waals surface area (Å²) in [7, 11) is -2.35. The molecule has 2 aromatic rings. The molecule has 2 rings (SSSR count). The predicted octanol–water partition coefficient (Wildman–Crippen LogP) is 2.42. The second-order valence-electron chi connectivity index (χ2n) is 4.74. The summed E-state index contributed by atoms with van der Waals surface area (Å²) < 4.78 is 39.5. The van der Waals surface area contributed by atoms with Crippen molar-refractivity contribution in [2.75, 3.05) is 11.4 Å². The van der Waals surface area contributed by atoms with Crippen LogP contribution in [-0.2, 0) is 16.6 Å². The van der Waals surface area contributed by atoms with Gasteiger partial charge in [-0.05, 0) is 48.4 Å². The zero-order valence-electron chi connectivity index (χ0n) is 11.9. The number of sulfonamides is 1. The molecular formula is C15H17FN2O2S. The van der Waals surface area contributed by atoms with Gasteiger partial charge in [-0.3, -0.25) is 4.31 Å². The zero-order valence-corrected chi connectivity index (χ0v) is 12.7. The number of halogens is 1. The summed E-state index contributed by atoms with van der Waals surface area (Å²) in [6.45, 7) is 2.13. The lowest BCUT2D eigenvalue weighted by atomic mass is 10.1. The number of rotatable bonds is 4. The Morgan fingerprint density at radius 1 is 1.19 bits per heavy atom. The van der Waals surface area contributed by atoms with Gasteiger partial charge in [-0.25, -0.2) is 12.8 Å². The first-order valence-corrected chi connectivity index (χ1v) is 7.84. The van der Waals surface area contributed by atoms with E-state index in [4.69, 9.17) is 5.73 Å². The van der Waals surface area contributed by atoms with Crippen molar-refractivity contribution >= 4 is 15.7 Å². The van der Waals surface area contributed by atoms with Crippen molar-refractivity contribution < 1.29 is 12.8 Å². The van der Waals surface area contributed by atoms with Crippen molar-refractivity contribution in [1.82, 2.24) is 0 Å². The molecule has 0 aliphatic rings. The van der Waals surface area contributed by atoms with E-state index in [1.807, 2.05) is 6.92 Å². The van der Waals surface area contributed by atoms with Gasteiger partial charge in [0, 0.05) is 13.6 Å². The van der Waals surface area contributed by atoms with Crippen LogP contribution < -0.4 is 10.0 Å². The fraction of sp³-hybridized carbons (Fsp3) is 0.200. The minimum Gasteiger partial charge on any atom is -0.326 e. The molecule has 0 fully saturated rings. The summed E-state index contributed by atoms with van der Waals surface area (Å²) >= 11 is 0. The summed E-state index contributed by atoms with van der Waals surface area (Å²) in [4.78, 5) is 0.139. The lowest BCUT2D eigenvalue weighted by Gasteiger charge is -2.20. The van der Waals surface area contributed by atoms with Crippen LogP contribution in [0.25, 0.3) is 0 Å². The van der Waals surface area contributed by atoms with Gasteiger partial charge in [0.05, 0.1) is 10.6 Å². The Kier molecular flexibility index (Phi) is 4.29. The smallest absolute Gasteiger partial charge is 0.264 e. The minimum absolute atomic E-state index is 0.139. The third-order valence-electron chi connectivity index (χ3n) is 3.37. The number of benzene rings is 2. The molecule has 0 amide bonds. The van der Waals surface area contributed by atoms with Crippen molar-refractivity contribution in [2.45, 2.75) is 18.4 Å². The Morgan fingerprint density at radius 2 is 1.90 bits per heavy atom. The highest BCUT2D eigenvalue weighted by Crippen LogP contribution is 2.24. The Labute approximate surface area is 124 Å². The van der Waals surface area contributed by atoms with Gasteiger partial charge >= 0.3 is 0 Å². The van der Waals surface area contributed by atoms with Gasteiger partial charge < -0.3 is 5.73 Å². The highest BCUT2D eigenvalue weighted by atomic mass is 32.2. The molecule has 0 saturated carbocycles. The molecule has 0 bridgehead atoms. The SMILES string of the molecule is Cc1ccc(S(=O)(=O)N(C)c2cccc(F)c2)cc1CN. The molecule has 0 unspecified atom stereocenters. The minimum atomic E-state index is -3.75. The van der Waals surface area contributed by atoms with Crippen molar-refractivity contribution in [3.05, 3.63) is 59.4 Å². The Morgan fingerprint density at radius 3 is 2.52 bits per heavy atom. The van der Waals surface area contributed by atoms with Gasteiger partial charge in [-0.2, -0.15) is 0 Å². The summed E-state index contributed by atoms with van der Waals surface area (Å²) in [5.74, 6) is -0.485. The quantitative estimate of drug-likeness (QED) is 0.943. The third-order valence-corrected chi connectivity index (χ3v) is 5.15. The number of aryl methyl sites for hydroxylation is 1. The predicted molar refractivity (Wildman–Crippen MR) is 81.1 cm³/mol. The lowest BCUT2D eigenvalue weighted by Crippen LogP contribution is -2.26. The number of anilines is 1. The second kappa shape index (κ2) is 5.83. The fourth-order valence-corrected chi connectivity index (χ4v) is 3.24. The molecule has 4 nitrogen and oxygen atoms in total. The molecule has 6 heteroatoms. The van der Waals surface area contributed by atoms with Gasteiger partial charge in [0.2, 0.25) is 0 Å². The second-order valence-corrected chi connectivity index (χ2v) is 6.71. The Bertz CT molecular complexity index is 760. The number of nitrogens with two attached hydrogens (primary N) is 1. The third kappa shape index (κ3) is 3.06. The number of nitrogens with zero attached hydrogens (tertiary/aromatic N) is 1. The van der Waals surface area contributed by atoms with Crippen LogP contribution in [0.2, 0.25) is 0 Å². The van der Waals surface area contributed by atoms with E-state index >= 15 is 0 Å². The number of hydrogen-bond acceptors (Lipinski definition) is 3. The van der Waals surface area contributed by atoms with E-state index in [0.717, 1.165) is 15.4 Å². The van der Waals surface area contributed by atoms with Crippen LogP contribution >= 0.6 is 0 Å². The molecule has 112 valence electrons. The molecule has 2 N–H and O–H groups in total. The molecule has 2 aromatic carbocycles. The van der Waals surface area contributed by atoms with Gasteiger partial charge in [-0.1, -0.05) is 12.1 Å². The summed E-state index contributed by atoms with van der Waals surface area (Å²) in [6, 6.07) is 10.3. The first kappa shape index (κ1) is 15.5. The molecule has 0 atom stereocenters. The molecule has 21 heavy (non-hydrogen) atoms. The monoisotopic (exact) mass is 308 g/mol. The Balaban J connectivity index is 2.46. The lowest BCUT2D eigenvalue weighted by molar-refractivity contribution is 0.594. The maximum atomic E-state index is 13.3. The molecule has 0 heterocycles. The number of hydrogen-bond donors (Lipinski definition) is 1. The van der Waals surface area contributed by atoms with Crippen molar-refractivity contribution in [3.8, 4) is 0 Å². The first-order valence-electron chi connectivity index (χ1n) is 6.40. The molecular weight excluding hydrogens is 291 g/mol. The normalized spacial score (nSPS) is 11.4. The van der Waals surface area contributed by atoms with E-state index in [9.17, 15) is 12.8 Å². The van der Waals surface area contributed by atoms with E-state index in [1.165, 1.54) is 31.3 Å². The average Bonchev–Trinajstić information content (AvgIpc) is 2.46. The van der Waals surface area contributed by atoms with Gasteiger partial charge in [-0.15, -0.1) is 0 Å². The van der Waals surface area contributed by atoms with Gasteiger partial charge in [0.1, 0.15) is 5.82 Å². The summed E-state index contributed by atoms with van der Waals surface area (Å²) in [6.07, 6.45) is 0. The topological polar surface area (TPSA) is 63.4 Å². The highest BCUT2D eigenvalue weighted by molar-refractivity contribution is 7.92. The van der Waals surface area contributed by atoms with E-state index in [1.54, 1.807) is 18.2 Å². The fourth-order valence-electron chi connectivity index (χ4n) is 2.00. The maximum Gasteiger partial charge on any atom is 0.264 e. The van der Waals surface area contributed by atoms with Crippen LogP contribution in [0.4, 0.5) is 10.1 Å². The van der Waals surface area contributed by atoms with Crippen molar-refractivity contribution in [2.24, 2.45) is 5.73 Å². The molecule has 0 saturated heterocycles. The zero-order chi connectivity index (χ0) is 15.6. The van der Waals surface area contributed by atoms with Crippen LogP contribution in [0.1, 0.15) is 11.1 Å². The van der Waals surface area contributed by atoms with Gasteiger partial charge in [0.25, 0.3) is 10.0 Å². The first-order chi connectivity index (χ1) is 9.86. The van der Waals surface area contributed by atoms with E-state index in [0.29, 0.717) is 0 Å². The van der Waals surface area contributed by atoms with E-state index in [-0.39, 0.29) is 17.1 Å². The van der Waals surface area contributed by atoms with Gasteiger partial charge in [0.15, 0.2) is 0 Å². The van der Waals surface area contributed by atoms with Crippen LogP contribution in [0.3, 0.4) is 0 Å². The standard InChI is InChI=1S/C15H17FN2O2S/c1-11-6-7-15(8-12(11)10-17)21(19,20)18(2)14-5-3-4-13(16)9-14/h3-9H,10,17H2,1-2H3. The van der Waals surface area contributed by atoms with Crippen LogP contribution in [-0.4, -0.2) is 15.5 Å². The summed E-state index contributed by atoms with van der Waals surface area (Å²) in [5.41, 5.74) is 7.58. The highest BCUT2D eigenvalue weighted by Gasteiger charge is 2.22. The molecule has 0 aliphatic heterocycles. The van der Waals surface area contributed by atoms with Crippen LogP contribution in [0.15, 0.2) is 47.4 Å². The van der Waals surface area contributed by atoms with Crippen LogP contribution in [0, 0.1) is 12.7 Å². The maximum absolute atomic E-state index is 13.3. The van der Waals surface area contributed by atoms with E-state index < -0.39 is 15.8 Å². The molecule has 0 radical (unpaired) electrons. The average molecular weight is 308 g/mol. The van der Waals surface area contributed by atoms with Crippen molar-refractivity contribution in [1.29, 1.82) is 0 Å². The molecule has 0 aromatic heterocycles. The summed E-state index contributed by atoms with van der Waals surface area (Å²) in [5, 5.41) is 0. The van der Waals surface area contributed by atoms with E-state index in [2.05, 4.69) is 0 Å². The van der Waals surface area contributed by atoms with Crippen LogP contribution in [0.5, 0.6) is 0 Å². The molecule has 0 spiro atoms. The Hall–Kier alpha value is -1.92. The molecule has 0 aliphatic carbocycles.